The highest BCUT2D eigenvalue weighted by Gasteiger charge is 2.15. The summed E-state index contributed by atoms with van der Waals surface area (Å²) in [7, 11) is 2.55. The third-order valence-electron chi connectivity index (χ3n) is 1.93. The second kappa shape index (κ2) is 3.60. The maximum Gasteiger partial charge on any atom is 0.333 e. The maximum atomic E-state index is 11.5. The van der Waals surface area contributed by atoms with Gasteiger partial charge in [0.05, 0.1) is 0 Å². The average Bonchev–Trinajstić information content (AvgIpc) is 2.18. The number of rotatable bonds is 1. The van der Waals surface area contributed by atoms with E-state index in [1.54, 1.807) is 0 Å². The number of nitrogens with one attached hydrogen (secondary N) is 1. The second-order valence-corrected chi connectivity index (χ2v) is 3.09. The summed E-state index contributed by atoms with van der Waals surface area (Å²) in [6.07, 6.45) is 0. The van der Waals surface area contributed by atoms with Crippen LogP contribution in [0.3, 0.4) is 0 Å². The van der Waals surface area contributed by atoms with Crippen LogP contribution in [0.15, 0.2) is 9.59 Å². The smallest absolute Gasteiger partial charge is 0.333 e. The molecule has 0 bridgehead atoms. The highest BCUT2D eigenvalue weighted by atomic mass is 16.3. The zero-order valence-corrected chi connectivity index (χ0v) is 8.57. The first-order valence-corrected chi connectivity index (χ1v) is 4.12. The Bertz CT molecular complexity index is 526. The summed E-state index contributed by atoms with van der Waals surface area (Å²) in [5.41, 5.74) is -1.70. The van der Waals surface area contributed by atoms with Crippen molar-refractivity contribution in [2.75, 3.05) is 5.32 Å². The molecule has 0 saturated carbocycles. The van der Waals surface area contributed by atoms with Crippen molar-refractivity contribution in [1.82, 2.24) is 9.13 Å². The average molecular weight is 213 g/mol. The van der Waals surface area contributed by atoms with E-state index in [-0.39, 0.29) is 5.69 Å². The zero-order valence-electron chi connectivity index (χ0n) is 8.57. The molecule has 0 atom stereocenters. The van der Waals surface area contributed by atoms with Gasteiger partial charge in [-0.2, -0.15) is 0 Å². The highest BCUT2D eigenvalue weighted by Crippen LogP contribution is 2.13. The monoisotopic (exact) mass is 213 g/mol. The number of carbonyl (C=O) groups is 1. The van der Waals surface area contributed by atoms with E-state index in [2.05, 4.69) is 5.32 Å². The van der Waals surface area contributed by atoms with E-state index in [1.165, 1.54) is 21.0 Å². The first-order chi connectivity index (χ1) is 6.86. The molecular weight excluding hydrogens is 202 g/mol. The Kier molecular flexibility index (Phi) is 2.65. The van der Waals surface area contributed by atoms with Gasteiger partial charge < -0.3 is 10.4 Å². The van der Waals surface area contributed by atoms with Crippen LogP contribution in [-0.4, -0.2) is 20.1 Å². The van der Waals surface area contributed by atoms with E-state index in [0.717, 1.165) is 9.13 Å². The van der Waals surface area contributed by atoms with Gasteiger partial charge in [0.15, 0.2) is 5.69 Å². The number of aromatic hydroxyl groups is 1. The normalized spacial score (nSPS) is 10.1. The molecule has 82 valence electrons. The van der Waals surface area contributed by atoms with Gasteiger partial charge in [-0.15, -0.1) is 0 Å². The van der Waals surface area contributed by atoms with Crippen LogP contribution in [0.25, 0.3) is 0 Å². The van der Waals surface area contributed by atoms with E-state index in [4.69, 9.17) is 0 Å². The standard InChI is InChI=1S/C8H11N3O4/c1-4(12)9-5-6(13)10(2)8(15)11(3)7(5)14/h13H,1-3H3,(H,9,12). The molecule has 1 amide bonds. The van der Waals surface area contributed by atoms with E-state index in [9.17, 15) is 19.5 Å². The van der Waals surface area contributed by atoms with Crippen molar-refractivity contribution in [3.63, 3.8) is 0 Å². The predicted octanol–water partition coefficient (Wildman–Crippen LogP) is -1.25. The lowest BCUT2D eigenvalue weighted by atomic mass is 10.4. The number of nitrogens with zero attached hydrogens (tertiary/aromatic N) is 2. The maximum absolute atomic E-state index is 11.5. The molecule has 15 heavy (non-hydrogen) atoms. The zero-order chi connectivity index (χ0) is 11.7. The summed E-state index contributed by atoms with van der Waals surface area (Å²) in [5, 5.41) is 11.6. The Morgan fingerprint density at radius 2 is 1.80 bits per heavy atom. The summed E-state index contributed by atoms with van der Waals surface area (Å²) in [4.78, 5) is 33.5. The molecule has 0 aliphatic carbocycles. The van der Waals surface area contributed by atoms with Gasteiger partial charge in [-0.25, -0.2) is 4.79 Å². The molecule has 0 aliphatic heterocycles. The molecule has 0 saturated heterocycles. The van der Waals surface area contributed by atoms with Gasteiger partial charge in [0.25, 0.3) is 5.56 Å². The first-order valence-electron chi connectivity index (χ1n) is 4.12. The first kappa shape index (κ1) is 11.0. The quantitative estimate of drug-likeness (QED) is 0.609. The summed E-state index contributed by atoms with van der Waals surface area (Å²) in [6, 6.07) is 0. The van der Waals surface area contributed by atoms with Crippen LogP contribution in [0.4, 0.5) is 5.69 Å². The highest BCUT2D eigenvalue weighted by molar-refractivity contribution is 5.89. The van der Waals surface area contributed by atoms with Crippen LogP contribution in [0.5, 0.6) is 5.88 Å². The number of hydrogen-bond donors (Lipinski definition) is 2. The van der Waals surface area contributed by atoms with E-state index in [0.29, 0.717) is 0 Å². The molecule has 7 nitrogen and oxygen atoms in total. The fraction of sp³-hybridized carbons (Fsp3) is 0.375. The molecule has 1 rings (SSSR count). The molecule has 7 heteroatoms. The molecule has 1 aromatic rings. The van der Waals surface area contributed by atoms with Crippen LogP contribution < -0.4 is 16.6 Å². The Morgan fingerprint density at radius 1 is 1.27 bits per heavy atom. The van der Waals surface area contributed by atoms with Crippen LogP contribution in [0.1, 0.15) is 6.92 Å². The van der Waals surface area contributed by atoms with Crippen LogP contribution in [-0.2, 0) is 18.9 Å². The molecule has 0 unspecified atom stereocenters. The second-order valence-electron chi connectivity index (χ2n) is 3.09. The third-order valence-corrected chi connectivity index (χ3v) is 1.93. The van der Waals surface area contributed by atoms with Crippen molar-refractivity contribution in [3.8, 4) is 5.88 Å². The van der Waals surface area contributed by atoms with Crippen molar-refractivity contribution in [3.05, 3.63) is 20.8 Å². The summed E-state index contributed by atoms with van der Waals surface area (Å²) >= 11 is 0. The van der Waals surface area contributed by atoms with Gasteiger partial charge in [0.1, 0.15) is 0 Å². The van der Waals surface area contributed by atoms with E-state index >= 15 is 0 Å². The number of amides is 1. The minimum atomic E-state index is -0.745. The molecule has 1 heterocycles. The topological polar surface area (TPSA) is 93.3 Å². The van der Waals surface area contributed by atoms with Crippen molar-refractivity contribution in [1.29, 1.82) is 0 Å². The Morgan fingerprint density at radius 3 is 2.27 bits per heavy atom. The predicted molar refractivity (Wildman–Crippen MR) is 52.9 cm³/mol. The number of carbonyl (C=O) groups excluding carboxylic acids is 1. The van der Waals surface area contributed by atoms with Crippen LogP contribution in [0, 0.1) is 0 Å². The van der Waals surface area contributed by atoms with Crippen molar-refractivity contribution in [2.45, 2.75) is 6.92 Å². The lowest BCUT2D eigenvalue weighted by Gasteiger charge is -2.09. The summed E-state index contributed by atoms with van der Waals surface area (Å²) < 4.78 is 1.66. The summed E-state index contributed by atoms with van der Waals surface area (Å²) in [6.45, 7) is 1.20. The number of aromatic nitrogens is 2. The van der Waals surface area contributed by atoms with Gasteiger partial charge in [0.2, 0.25) is 11.8 Å². The third kappa shape index (κ3) is 1.76. The van der Waals surface area contributed by atoms with Gasteiger partial charge in [-0.05, 0) is 0 Å². The minimum Gasteiger partial charge on any atom is -0.493 e. The Balaban J connectivity index is 3.60. The molecule has 2 N–H and O–H groups in total. The Hall–Kier alpha value is -2.05. The Labute approximate surface area is 84.6 Å². The fourth-order valence-corrected chi connectivity index (χ4v) is 1.12. The van der Waals surface area contributed by atoms with E-state index in [1.807, 2.05) is 0 Å². The molecule has 0 aliphatic rings. The van der Waals surface area contributed by atoms with Gasteiger partial charge in [-0.1, -0.05) is 0 Å². The molecule has 0 radical (unpaired) electrons. The minimum absolute atomic E-state index is 0.299. The van der Waals surface area contributed by atoms with Crippen molar-refractivity contribution >= 4 is 11.6 Å². The largest absolute Gasteiger partial charge is 0.493 e. The molecule has 1 aromatic heterocycles. The van der Waals surface area contributed by atoms with Crippen molar-refractivity contribution < 1.29 is 9.90 Å². The lowest BCUT2D eigenvalue weighted by molar-refractivity contribution is -0.114. The van der Waals surface area contributed by atoms with Crippen molar-refractivity contribution in [2.24, 2.45) is 14.1 Å². The molecule has 0 spiro atoms. The molecular formula is C8H11N3O4. The van der Waals surface area contributed by atoms with Crippen LogP contribution in [0.2, 0.25) is 0 Å². The summed E-state index contributed by atoms with van der Waals surface area (Å²) in [5.74, 6) is -1.06. The number of anilines is 1. The molecule has 0 fully saturated rings. The van der Waals surface area contributed by atoms with Gasteiger partial charge in [0, 0.05) is 21.0 Å². The van der Waals surface area contributed by atoms with Gasteiger partial charge >= 0.3 is 5.69 Å². The van der Waals surface area contributed by atoms with Gasteiger partial charge in [-0.3, -0.25) is 18.7 Å². The van der Waals surface area contributed by atoms with E-state index < -0.39 is 23.0 Å². The van der Waals surface area contributed by atoms with Crippen LogP contribution >= 0.6 is 0 Å². The molecule has 0 aromatic carbocycles. The fourth-order valence-electron chi connectivity index (χ4n) is 1.12. The SMILES string of the molecule is CC(=O)Nc1c(O)n(C)c(=O)n(C)c1=O. The number of hydrogen-bond acceptors (Lipinski definition) is 4. The lowest BCUT2D eigenvalue weighted by Crippen LogP contribution is -2.38.